The van der Waals surface area contributed by atoms with Crippen molar-refractivity contribution in [1.29, 1.82) is 0 Å². The molecule has 5 nitrogen and oxygen atoms in total. The van der Waals surface area contributed by atoms with Crippen molar-refractivity contribution in [2.75, 3.05) is 10.6 Å². The lowest BCUT2D eigenvalue weighted by Crippen LogP contribution is -2.30. The standard InChI is InChI=1S/C18H20N2O3S/c21-16(12-18(23)9-1-2-10-18)19-13-5-7-14(8-6-13)20-17(22)15-4-3-11-24-15/h3-8,11,23H,1-2,9-10,12H2,(H,19,21)(H,20,22). The number of amides is 2. The molecule has 6 heteroatoms. The van der Waals surface area contributed by atoms with E-state index in [2.05, 4.69) is 10.6 Å². The summed E-state index contributed by atoms with van der Waals surface area (Å²) in [6.45, 7) is 0. The highest BCUT2D eigenvalue weighted by Gasteiger charge is 2.33. The zero-order chi connectivity index (χ0) is 17.0. The van der Waals surface area contributed by atoms with Crippen molar-refractivity contribution in [3.8, 4) is 0 Å². The second kappa shape index (κ2) is 7.15. The molecule has 3 N–H and O–H groups in total. The zero-order valence-electron chi connectivity index (χ0n) is 13.2. The molecule has 3 rings (SSSR count). The van der Waals surface area contributed by atoms with Crippen LogP contribution < -0.4 is 10.6 Å². The number of nitrogens with one attached hydrogen (secondary N) is 2. The molecule has 0 bridgehead atoms. The monoisotopic (exact) mass is 344 g/mol. The quantitative estimate of drug-likeness (QED) is 0.775. The Hall–Kier alpha value is -2.18. The maximum atomic E-state index is 12.1. The average Bonchev–Trinajstić information content (AvgIpc) is 3.21. The fraction of sp³-hybridized carbons (Fsp3) is 0.333. The van der Waals surface area contributed by atoms with Crippen LogP contribution in [0.3, 0.4) is 0 Å². The summed E-state index contributed by atoms with van der Waals surface area (Å²) in [7, 11) is 0. The van der Waals surface area contributed by atoms with Crippen LogP contribution in [0.15, 0.2) is 41.8 Å². The van der Waals surface area contributed by atoms with E-state index in [1.54, 1.807) is 30.3 Å². The molecule has 2 aromatic rings. The number of rotatable bonds is 5. The lowest BCUT2D eigenvalue weighted by molar-refractivity contribution is -0.120. The van der Waals surface area contributed by atoms with Gasteiger partial charge in [0.1, 0.15) is 0 Å². The van der Waals surface area contributed by atoms with E-state index in [0.717, 1.165) is 12.8 Å². The largest absolute Gasteiger partial charge is 0.389 e. The second-order valence-corrected chi connectivity index (χ2v) is 7.11. The summed E-state index contributed by atoms with van der Waals surface area (Å²) < 4.78 is 0. The summed E-state index contributed by atoms with van der Waals surface area (Å²) in [6.07, 6.45) is 3.46. The van der Waals surface area contributed by atoms with Crippen LogP contribution in [0.25, 0.3) is 0 Å². The average molecular weight is 344 g/mol. The lowest BCUT2D eigenvalue weighted by Gasteiger charge is -2.21. The van der Waals surface area contributed by atoms with Crippen LogP contribution in [0.5, 0.6) is 0 Å². The Morgan fingerprint density at radius 1 is 1.04 bits per heavy atom. The van der Waals surface area contributed by atoms with E-state index in [4.69, 9.17) is 0 Å². The molecule has 0 radical (unpaired) electrons. The van der Waals surface area contributed by atoms with Crippen molar-refractivity contribution in [2.24, 2.45) is 0 Å². The van der Waals surface area contributed by atoms with E-state index in [1.165, 1.54) is 11.3 Å². The first kappa shape index (κ1) is 16.7. The number of thiophene rings is 1. The van der Waals surface area contributed by atoms with Crippen molar-refractivity contribution >= 4 is 34.5 Å². The minimum absolute atomic E-state index is 0.129. The van der Waals surface area contributed by atoms with Gasteiger partial charge in [-0.25, -0.2) is 0 Å². The molecule has 1 aliphatic carbocycles. The van der Waals surface area contributed by atoms with Gasteiger partial charge < -0.3 is 15.7 Å². The number of hydrogen-bond donors (Lipinski definition) is 3. The first-order valence-electron chi connectivity index (χ1n) is 8.01. The molecule has 2 amide bonds. The van der Waals surface area contributed by atoms with Crippen LogP contribution in [-0.4, -0.2) is 22.5 Å². The maximum absolute atomic E-state index is 12.1. The summed E-state index contributed by atoms with van der Waals surface area (Å²) in [4.78, 5) is 24.7. The van der Waals surface area contributed by atoms with Gasteiger partial charge in [-0.2, -0.15) is 0 Å². The second-order valence-electron chi connectivity index (χ2n) is 6.17. The summed E-state index contributed by atoms with van der Waals surface area (Å²) in [5, 5.41) is 17.7. The highest BCUT2D eigenvalue weighted by molar-refractivity contribution is 7.12. The van der Waals surface area contributed by atoms with E-state index in [0.29, 0.717) is 29.1 Å². The van der Waals surface area contributed by atoms with Crippen LogP contribution in [0.1, 0.15) is 41.8 Å². The van der Waals surface area contributed by atoms with Crippen molar-refractivity contribution in [2.45, 2.75) is 37.7 Å². The van der Waals surface area contributed by atoms with Gasteiger partial charge in [-0.1, -0.05) is 18.9 Å². The van der Waals surface area contributed by atoms with E-state index >= 15 is 0 Å². The van der Waals surface area contributed by atoms with Crippen LogP contribution >= 0.6 is 11.3 Å². The Labute approximate surface area is 144 Å². The molecule has 1 aliphatic rings. The molecule has 1 fully saturated rings. The van der Waals surface area contributed by atoms with Crippen LogP contribution in [0, 0.1) is 0 Å². The lowest BCUT2D eigenvalue weighted by atomic mass is 9.97. The topological polar surface area (TPSA) is 78.4 Å². The molecule has 1 aromatic carbocycles. The fourth-order valence-electron chi connectivity index (χ4n) is 2.95. The zero-order valence-corrected chi connectivity index (χ0v) is 14.1. The minimum atomic E-state index is -0.849. The summed E-state index contributed by atoms with van der Waals surface area (Å²) >= 11 is 1.38. The number of hydrogen-bond acceptors (Lipinski definition) is 4. The Kier molecular flexibility index (Phi) is 4.97. The highest BCUT2D eigenvalue weighted by atomic mass is 32.1. The third-order valence-corrected chi connectivity index (χ3v) is 5.06. The van der Waals surface area contributed by atoms with Gasteiger partial charge in [0, 0.05) is 11.4 Å². The van der Waals surface area contributed by atoms with Crippen LogP contribution in [0.2, 0.25) is 0 Å². The number of anilines is 2. The van der Waals surface area contributed by atoms with E-state index < -0.39 is 5.60 Å². The van der Waals surface area contributed by atoms with E-state index in [1.807, 2.05) is 11.4 Å². The molecule has 1 saturated carbocycles. The van der Waals surface area contributed by atoms with Crippen molar-refractivity contribution in [3.63, 3.8) is 0 Å². The molecule has 24 heavy (non-hydrogen) atoms. The first-order valence-corrected chi connectivity index (χ1v) is 8.89. The third-order valence-electron chi connectivity index (χ3n) is 4.20. The van der Waals surface area contributed by atoms with Crippen LogP contribution in [0.4, 0.5) is 11.4 Å². The molecule has 0 aliphatic heterocycles. The Morgan fingerprint density at radius 2 is 1.67 bits per heavy atom. The van der Waals surface area contributed by atoms with Crippen molar-refractivity contribution in [3.05, 3.63) is 46.7 Å². The summed E-state index contributed by atoms with van der Waals surface area (Å²) in [6, 6.07) is 10.6. The molecule has 1 heterocycles. The molecule has 0 saturated heterocycles. The van der Waals surface area contributed by atoms with E-state index in [9.17, 15) is 14.7 Å². The Bertz CT molecular complexity index is 704. The minimum Gasteiger partial charge on any atom is -0.389 e. The van der Waals surface area contributed by atoms with Gasteiger partial charge in [-0.15, -0.1) is 11.3 Å². The molecular weight excluding hydrogens is 324 g/mol. The first-order chi connectivity index (χ1) is 11.5. The van der Waals surface area contributed by atoms with Gasteiger partial charge in [0.15, 0.2) is 0 Å². The molecule has 1 aromatic heterocycles. The Balaban J connectivity index is 1.54. The SMILES string of the molecule is O=C(CC1(O)CCCC1)Nc1ccc(NC(=O)c2cccs2)cc1. The Morgan fingerprint density at radius 3 is 2.25 bits per heavy atom. The van der Waals surface area contributed by atoms with E-state index in [-0.39, 0.29) is 18.2 Å². The molecular formula is C18H20N2O3S. The molecule has 0 spiro atoms. The van der Waals surface area contributed by atoms with Crippen molar-refractivity contribution < 1.29 is 14.7 Å². The molecule has 0 unspecified atom stereocenters. The highest BCUT2D eigenvalue weighted by Crippen LogP contribution is 2.32. The van der Waals surface area contributed by atoms with Gasteiger partial charge in [0.2, 0.25) is 5.91 Å². The summed E-state index contributed by atoms with van der Waals surface area (Å²) in [5.41, 5.74) is 0.468. The number of benzene rings is 1. The number of carbonyl (C=O) groups is 2. The summed E-state index contributed by atoms with van der Waals surface area (Å²) in [5.74, 6) is -0.333. The number of aliphatic hydroxyl groups is 1. The van der Waals surface area contributed by atoms with Gasteiger partial charge in [-0.3, -0.25) is 9.59 Å². The van der Waals surface area contributed by atoms with Gasteiger partial charge in [0.05, 0.1) is 16.9 Å². The normalized spacial score (nSPS) is 15.9. The predicted octanol–water partition coefficient (Wildman–Crippen LogP) is 3.63. The van der Waals surface area contributed by atoms with Crippen molar-refractivity contribution in [1.82, 2.24) is 0 Å². The van der Waals surface area contributed by atoms with Gasteiger partial charge >= 0.3 is 0 Å². The number of carbonyl (C=O) groups excluding carboxylic acids is 2. The van der Waals surface area contributed by atoms with Crippen LogP contribution in [-0.2, 0) is 4.79 Å². The maximum Gasteiger partial charge on any atom is 0.265 e. The fourth-order valence-corrected chi connectivity index (χ4v) is 3.57. The smallest absolute Gasteiger partial charge is 0.265 e. The third kappa shape index (κ3) is 4.21. The molecule has 0 atom stereocenters. The van der Waals surface area contributed by atoms with Gasteiger partial charge in [0.25, 0.3) is 5.91 Å². The van der Waals surface area contributed by atoms with Gasteiger partial charge in [-0.05, 0) is 48.6 Å². The predicted molar refractivity (Wildman–Crippen MR) is 95.4 cm³/mol. The molecule has 126 valence electrons.